The predicted molar refractivity (Wildman–Crippen MR) is 51.7 cm³/mol. The minimum atomic E-state index is -0.923. The highest BCUT2D eigenvalue weighted by Gasteiger charge is 2.43. The van der Waals surface area contributed by atoms with Gasteiger partial charge in [-0.05, 0) is 0 Å². The summed E-state index contributed by atoms with van der Waals surface area (Å²) < 4.78 is 10.1. The lowest BCUT2D eigenvalue weighted by molar-refractivity contribution is -0.220. The van der Waals surface area contributed by atoms with Gasteiger partial charge in [0.05, 0.1) is 22.7 Å². The van der Waals surface area contributed by atoms with Gasteiger partial charge in [0, 0.05) is 7.11 Å². The molecular weight excluding hydrogens is 238 g/mol. The fourth-order valence-electron chi connectivity index (χ4n) is 1.19. The number of rotatable bonds is 2. The number of alkyl halides is 3. The van der Waals surface area contributed by atoms with Crippen LogP contribution in [0, 0.1) is 0 Å². The third-order valence-electron chi connectivity index (χ3n) is 1.96. The second-order valence-corrected chi connectivity index (χ2v) is 4.13. The van der Waals surface area contributed by atoms with Crippen molar-refractivity contribution in [2.75, 3.05) is 13.0 Å². The first-order valence-electron chi connectivity index (χ1n) is 3.82. The van der Waals surface area contributed by atoms with Crippen molar-refractivity contribution in [2.45, 2.75) is 29.3 Å². The van der Waals surface area contributed by atoms with Crippen LogP contribution in [0.3, 0.4) is 0 Å². The van der Waals surface area contributed by atoms with Crippen LogP contribution in [0.25, 0.3) is 0 Å². The van der Waals surface area contributed by atoms with E-state index in [-0.39, 0.29) is 12.0 Å². The van der Waals surface area contributed by atoms with E-state index in [1.807, 2.05) is 0 Å². The molecule has 0 radical (unpaired) electrons. The van der Waals surface area contributed by atoms with Crippen molar-refractivity contribution in [1.82, 2.24) is 0 Å². The summed E-state index contributed by atoms with van der Waals surface area (Å²) in [7, 11) is 1.43. The summed E-state index contributed by atoms with van der Waals surface area (Å²) in [5.74, 6) is 0.226. The molecule has 1 heterocycles. The van der Waals surface area contributed by atoms with Crippen molar-refractivity contribution in [3.63, 3.8) is 0 Å². The summed E-state index contributed by atoms with van der Waals surface area (Å²) in [5.41, 5.74) is 0. The van der Waals surface area contributed by atoms with Crippen molar-refractivity contribution in [3.05, 3.63) is 0 Å². The normalized spacial score (nSPS) is 46.4. The smallest absolute Gasteiger partial charge is 0.185 e. The van der Waals surface area contributed by atoms with Crippen LogP contribution in [0.4, 0.5) is 0 Å². The third-order valence-corrected chi connectivity index (χ3v) is 3.47. The molecule has 1 rings (SSSR count). The molecule has 3 nitrogen and oxygen atoms in total. The van der Waals surface area contributed by atoms with Crippen molar-refractivity contribution in [2.24, 2.45) is 0 Å². The largest absolute Gasteiger partial charge is 0.386 e. The zero-order chi connectivity index (χ0) is 10.0. The van der Waals surface area contributed by atoms with Gasteiger partial charge in [0.15, 0.2) is 6.29 Å². The molecule has 0 saturated carbocycles. The number of halogens is 3. The average Bonchev–Trinajstić information content (AvgIpc) is 2.15. The predicted octanol–water partition coefficient (Wildman–Crippen LogP) is 1.17. The average molecular weight is 250 g/mol. The quantitative estimate of drug-likeness (QED) is 0.747. The Bertz CT molecular complexity index is 149. The maximum atomic E-state index is 9.51. The zero-order valence-corrected chi connectivity index (χ0v) is 9.26. The first-order valence-corrected chi connectivity index (χ1v) is 5.23. The van der Waals surface area contributed by atoms with Gasteiger partial charge in [0.2, 0.25) is 0 Å². The van der Waals surface area contributed by atoms with Crippen LogP contribution in [0.15, 0.2) is 0 Å². The lowest BCUT2D eigenvalue weighted by Gasteiger charge is -2.38. The SMILES string of the molecule is CO[C@@H]1O[C@@H](CCl)[C@@H](Cl)[C@@H](Cl)[C@@H]1O. The highest BCUT2D eigenvalue weighted by molar-refractivity contribution is 6.31. The Morgan fingerprint density at radius 2 is 2.00 bits per heavy atom. The van der Waals surface area contributed by atoms with Crippen LogP contribution in [-0.4, -0.2) is 47.3 Å². The Morgan fingerprint density at radius 3 is 2.46 bits per heavy atom. The number of hydrogen-bond donors (Lipinski definition) is 1. The molecular formula is C7H11Cl3O3. The highest BCUT2D eigenvalue weighted by atomic mass is 35.5. The second kappa shape index (κ2) is 5.01. The molecule has 0 aromatic heterocycles. The molecule has 0 bridgehead atoms. The lowest BCUT2D eigenvalue weighted by Crippen LogP contribution is -2.54. The second-order valence-electron chi connectivity index (χ2n) is 2.81. The van der Waals surface area contributed by atoms with E-state index in [1.165, 1.54) is 7.11 Å². The Labute approximate surface area is 91.9 Å². The zero-order valence-electron chi connectivity index (χ0n) is 6.99. The van der Waals surface area contributed by atoms with E-state index >= 15 is 0 Å². The van der Waals surface area contributed by atoms with E-state index in [2.05, 4.69) is 0 Å². The van der Waals surface area contributed by atoms with Crippen LogP contribution in [0.2, 0.25) is 0 Å². The van der Waals surface area contributed by atoms with Crippen LogP contribution in [0.1, 0.15) is 0 Å². The molecule has 0 unspecified atom stereocenters. The van der Waals surface area contributed by atoms with Crippen molar-refractivity contribution in [1.29, 1.82) is 0 Å². The summed E-state index contributed by atoms with van der Waals surface area (Å²) in [4.78, 5) is 0. The first-order chi connectivity index (χ1) is 6.11. The summed E-state index contributed by atoms with van der Waals surface area (Å²) >= 11 is 17.4. The summed E-state index contributed by atoms with van der Waals surface area (Å²) in [6, 6.07) is 0. The molecule has 5 atom stereocenters. The van der Waals surface area contributed by atoms with E-state index in [0.717, 1.165) is 0 Å². The van der Waals surface area contributed by atoms with Gasteiger partial charge in [0.1, 0.15) is 6.10 Å². The van der Waals surface area contributed by atoms with Gasteiger partial charge in [-0.1, -0.05) is 0 Å². The van der Waals surface area contributed by atoms with Crippen LogP contribution in [-0.2, 0) is 9.47 Å². The molecule has 0 aromatic carbocycles. The number of aliphatic hydroxyl groups excluding tert-OH is 1. The molecule has 0 aliphatic carbocycles. The molecule has 78 valence electrons. The number of hydrogen-bond acceptors (Lipinski definition) is 3. The summed E-state index contributed by atoms with van der Waals surface area (Å²) in [5, 5.41) is 8.40. The molecule has 0 amide bonds. The number of aliphatic hydroxyl groups is 1. The van der Waals surface area contributed by atoms with Crippen LogP contribution in [0.5, 0.6) is 0 Å². The van der Waals surface area contributed by atoms with Gasteiger partial charge < -0.3 is 14.6 Å². The standard InChI is InChI=1S/C7H11Cl3O3/c1-12-7-6(11)5(10)4(9)3(2-8)13-7/h3-7,11H,2H2,1H3/t3-,4+,5+,6-,7+/m0/s1. The fourth-order valence-corrected chi connectivity index (χ4v) is 2.12. The highest BCUT2D eigenvalue weighted by Crippen LogP contribution is 2.29. The maximum absolute atomic E-state index is 9.51. The van der Waals surface area contributed by atoms with E-state index in [1.54, 1.807) is 0 Å². The monoisotopic (exact) mass is 248 g/mol. The van der Waals surface area contributed by atoms with Crippen molar-refractivity contribution >= 4 is 34.8 Å². The fraction of sp³-hybridized carbons (Fsp3) is 1.00. The number of methoxy groups -OCH3 is 1. The topological polar surface area (TPSA) is 38.7 Å². The molecule has 13 heavy (non-hydrogen) atoms. The van der Waals surface area contributed by atoms with Gasteiger partial charge in [-0.25, -0.2) is 0 Å². The van der Waals surface area contributed by atoms with Crippen LogP contribution >= 0.6 is 34.8 Å². The van der Waals surface area contributed by atoms with E-state index in [4.69, 9.17) is 44.3 Å². The molecule has 1 N–H and O–H groups in total. The number of ether oxygens (including phenoxy) is 2. The maximum Gasteiger partial charge on any atom is 0.185 e. The van der Waals surface area contributed by atoms with E-state index in [0.29, 0.717) is 0 Å². The Balaban J connectivity index is 2.66. The minimum Gasteiger partial charge on any atom is -0.386 e. The lowest BCUT2D eigenvalue weighted by atomic mass is 10.1. The Kier molecular flexibility index (Phi) is 4.55. The van der Waals surface area contributed by atoms with Gasteiger partial charge in [-0.3, -0.25) is 0 Å². The Morgan fingerprint density at radius 1 is 1.38 bits per heavy atom. The van der Waals surface area contributed by atoms with Crippen LogP contribution < -0.4 is 0 Å². The van der Waals surface area contributed by atoms with E-state index < -0.39 is 23.1 Å². The minimum absolute atomic E-state index is 0.226. The molecule has 1 aliphatic heterocycles. The van der Waals surface area contributed by atoms with E-state index in [9.17, 15) is 5.11 Å². The summed E-state index contributed by atoms with van der Waals surface area (Å²) in [6.45, 7) is 0. The molecule has 1 fully saturated rings. The molecule has 0 spiro atoms. The molecule has 1 saturated heterocycles. The molecule has 6 heteroatoms. The van der Waals surface area contributed by atoms with Crippen molar-refractivity contribution in [3.8, 4) is 0 Å². The molecule has 1 aliphatic rings. The van der Waals surface area contributed by atoms with Gasteiger partial charge in [-0.15, -0.1) is 34.8 Å². The van der Waals surface area contributed by atoms with Crippen molar-refractivity contribution < 1.29 is 14.6 Å². The molecule has 0 aromatic rings. The van der Waals surface area contributed by atoms with Gasteiger partial charge in [-0.2, -0.15) is 0 Å². The Hall–Kier alpha value is 0.750. The van der Waals surface area contributed by atoms with Gasteiger partial charge in [0.25, 0.3) is 0 Å². The van der Waals surface area contributed by atoms with Gasteiger partial charge >= 0.3 is 0 Å². The summed E-state index contributed by atoms with van der Waals surface area (Å²) in [6.07, 6.45) is -2.06. The first kappa shape index (κ1) is 11.8. The third kappa shape index (κ3) is 2.41.